The van der Waals surface area contributed by atoms with Crippen molar-refractivity contribution in [3.05, 3.63) is 45.6 Å². The van der Waals surface area contributed by atoms with Crippen LogP contribution in [0.3, 0.4) is 0 Å². The Hall–Kier alpha value is -2.52. The topological polar surface area (TPSA) is 76.7 Å². The van der Waals surface area contributed by atoms with Crippen LogP contribution in [0.15, 0.2) is 18.2 Å². The molecule has 0 amide bonds. The molecule has 0 aliphatic heterocycles. The van der Waals surface area contributed by atoms with Crippen molar-refractivity contribution < 1.29 is 23.5 Å². The van der Waals surface area contributed by atoms with Gasteiger partial charge in [0, 0.05) is 5.69 Å². The first-order valence-corrected chi connectivity index (χ1v) is 8.65. The molecule has 0 radical (unpaired) electrons. The molecule has 0 saturated heterocycles. The molecule has 2 aromatic rings. The molecular formula is C17H17FN2O4S2. The molecule has 1 aromatic heterocycles. The minimum atomic E-state index is -0.600. The smallest absolute Gasteiger partial charge is 0.348 e. The molecule has 2 N–H and O–H groups in total. The van der Waals surface area contributed by atoms with Crippen molar-refractivity contribution in [3.63, 3.8) is 0 Å². The van der Waals surface area contributed by atoms with E-state index in [1.54, 1.807) is 19.9 Å². The zero-order chi connectivity index (χ0) is 19.4. The molecule has 0 aliphatic carbocycles. The summed E-state index contributed by atoms with van der Waals surface area (Å²) in [7, 11) is 2.51. The van der Waals surface area contributed by atoms with Crippen LogP contribution in [0, 0.1) is 19.7 Å². The first kappa shape index (κ1) is 19.8. The SMILES string of the molecule is COC(=O)c1sc(NC(=S)Nc2ccc(F)cc2C)c(C(=O)OC)c1C. The summed E-state index contributed by atoms with van der Waals surface area (Å²) >= 11 is 6.30. The normalized spacial score (nSPS) is 10.2. The molecular weight excluding hydrogens is 379 g/mol. The number of carbonyl (C=O) groups excluding carboxylic acids is 2. The van der Waals surface area contributed by atoms with E-state index in [0.717, 1.165) is 11.3 Å². The zero-order valence-corrected chi connectivity index (χ0v) is 16.2. The van der Waals surface area contributed by atoms with Gasteiger partial charge in [0.15, 0.2) is 5.11 Å². The quantitative estimate of drug-likeness (QED) is 0.600. The standard InChI is InChI=1S/C17H17FN2O4S2/c1-8-7-10(18)5-6-11(8)19-17(25)20-14-12(15(21)23-3)9(2)13(26-14)16(22)24-4/h5-7H,1-4H3,(H2,19,20,25). The summed E-state index contributed by atoms with van der Waals surface area (Å²) in [5.74, 6) is -1.51. The Kier molecular flexibility index (Phi) is 6.27. The van der Waals surface area contributed by atoms with Gasteiger partial charge in [-0.2, -0.15) is 0 Å². The first-order valence-electron chi connectivity index (χ1n) is 7.42. The summed E-state index contributed by atoms with van der Waals surface area (Å²) in [5, 5.41) is 6.36. The summed E-state index contributed by atoms with van der Waals surface area (Å²) in [6, 6.07) is 4.23. The second-order valence-corrected chi connectivity index (χ2v) is 6.71. The van der Waals surface area contributed by atoms with Gasteiger partial charge < -0.3 is 20.1 Å². The van der Waals surface area contributed by atoms with Gasteiger partial charge in [0.05, 0.1) is 19.8 Å². The molecule has 0 fully saturated rings. The maximum atomic E-state index is 13.2. The minimum absolute atomic E-state index is 0.183. The average molecular weight is 396 g/mol. The number of ether oxygens (including phenoxy) is 2. The van der Waals surface area contributed by atoms with Crippen molar-refractivity contribution in [1.82, 2.24) is 0 Å². The van der Waals surface area contributed by atoms with Crippen molar-refractivity contribution in [3.8, 4) is 0 Å². The molecule has 1 heterocycles. The third-order valence-electron chi connectivity index (χ3n) is 3.57. The van der Waals surface area contributed by atoms with Crippen LogP contribution in [0.2, 0.25) is 0 Å². The first-order chi connectivity index (χ1) is 12.3. The largest absolute Gasteiger partial charge is 0.465 e. The molecule has 1 aromatic carbocycles. The molecule has 6 nitrogen and oxygen atoms in total. The van der Waals surface area contributed by atoms with Crippen molar-refractivity contribution >= 4 is 51.3 Å². The van der Waals surface area contributed by atoms with Gasteiger partial charge >= 0.3 is 11.9 Å². The third kappa shape index (κ3) is 4.17. The Bertz CT molecular complexity index is 880. The van der Waals surface area contributed by atoms with Crippen LogP contribution in [0.1, 0.15) is 31.2 Å². The maximum absolute atomic E-state index is 13.2. The summed E-state index contributed by atoms with van der Waals surface area (Å²) in [6.45, 7) is 3.36. The number of halogens is 1. The average Bonchev–Trinajstić information content (AvgIpc) is 2.92. The van der Waals surface area contributed by atoms with Gasteiger partial charge in [0.1, 0.15) is 15.7 Å². The second kappa shape index (κ2) is 8.24. The van der Waals surface area contributed by atoms with Crippen molar-refractivity contribution in [2.75, 3.05) is 24.9 Å². The van der Waals surface area contributed by atoms with E-state index >= 15 is 0 Å². The maximum Gasteiger partial charge on any atom is 0.348 e. The number of nitrogens with one attached hydrogen (secondary N) is 2. The molecule has 0 spiro atoms. The number of anilines is 2. The highest BCUT2D eigenvalue weighted by atomic mass is 32.1. The monoisotopic (exact) mass is 396 g/mol. The van der Waals surface area contributed by atoms with Crippen molar-refractivity contribution in [1.29, 1.82) is 0 Å². The Morgan fingerprint density at radius 1 is 1.12 bits per heavy atom. The summed E-state index contributed by atoms with van der Waals surface area (Å²) in [5.41, 5.74) is 1.93. The molecule has 2 rings (SSSR count). The highest BCUT2D eigenvalue weighted by Gasteiger charge is 2.26. The number of aryl methyl sites for hydroxylation is 1. The van der Waals surface area contributed by atoms with E-state index in [1.807, 2.05) is 0 Å². The van der Waals surface area contributed by atoms with Gasteiger partial charge in [-0.15, -0.1) is 11.3 Å². The van der Waals surface area contributed by atoms with Crippen LogP contribution in [0.4, 0.5) is 15.1 Å². The Labute approximate surface area is 159 Å². The van der Waals surface area contributed by atoms with Crippen LogP contribution in [-0.4, -0.2) is 31.3 Å². The molecule has 0 atom stereocenters. The molecule has 0 aliphatic rings. The summed E-state index contributed by atoms with van der Waals surface area (Å²) in [6.07, 6.45) is 0. The number of thiocarbonyl (C=S) groups is 1. The molecule has 9 heteroatoms. The number of esters is 2. The molecule has 0 unspecified atom stereocenters. The van der Waals surface area contributed by atoms with E-state index in [2.05, 4.69) is 10.6 Å². The van der Waals surface area contributed by atoms with Crippen molar-refractivity contribution in [2.45, 2.75) is 13.8 Å². The van der Waals surface area contributed by atoms with Gasteiger partial charge in [-0.25, -0.2) is 14.0 Å². The Morgan fingerprint density at radius 2 is 1.77 bits per heavy atom. The molecule has 138 valence electrons. The summed E-state index contributed by atoms with van der Waals surface area (Å²) < 4.78 is 22.7. The van der Waals surface area contributed by atoms with Gasteiger partial charge in [-0.1, -0.05) is 0 Å². The van der Waals surface area contributed by atoms with E-state index in [-0.39, 0.29) is 21.4 Å². The highest BCUT2D eigenvalue weighted by Crippen LogP contribution is 2.34. The van der Waals surface area contributed by atoms with E-state index < -0.39 is 11.9 Å². The number of hydrogen-bond acceptors (Lipinski definition) is 6. The molecule has 0 bridgehead atoms. The Morgan fingerprint density at radius 3 is 2.35 bits per heavy atom. The fourth-order valence-corrected chi connectivity index (χ4v) is 3.65. The lowest BCUT2D eigenvalue weighted by Gasteiger charge is -2.12. The van der Waals surface area contributed by atoms with Crippen LogP contribution in [0.5, 0.6) is 0 Å². The fraction of sp³-hybridized carbons (Fsp3) is 0.235. The van der Waals surface area contributed by atoms with E-state index in [9.17, 15) is 14.0 Å². The van der Waals surface area contributed by atoms with E-state index in [4.69, 9.17) is 21.7 Å². The fourth-order valence-electron chi connectivity index (χ4n) is 2.26. The number of carbonyl (C=O) groups is 2. The summed E-state index contributed by atoms with van der Waals surface area (Å²) in [4.78, 5) is 24.3. The lowest BCUT2D eigenvalue weighted by atomic mass is 10.1. The number of methoxy groups -OCH3 is 2. The van der Waals surface area contributed by atoms with Crippen LogP contribution < -0.4 is 10.6 Å². The zero-order valence-electron chi connectivity index (χ0n) is 14.6. The predicted octanol–water partition coefficient (Wildman–Crippen LogP) is 3.89. The predicted molar refractivity (Wildman–Crippen MR) is 103 cm³/mol. The number of hydrogen-bond donors (Lipinski definition) is 2. The lowest BCUT2D eigenvalue weighted by molar-refractivity contribution is 0.0601. The Balaban J connectivity index is 2.31. The number of thiophene rings is 1. The van der Waals surface area contributed by atoms with Gasteiger partial charge in [0.2, 0.25) is 0 Å². The van der Waals surface area contributed by atoms with Crippen molar-refractivity contribution in [2.24, 2.45) is 0 Å². The van der Waals surface area contributed by atoms with Crippen LogP contribution >= 0.6 is 23.6 Å². The minimum Gasteiger partial charge on any atom is -0.465 e. The van der Waals surface area contributed by atoms with Crippen LogP contribution in [0.25, 0.3) is 0 Å². The van der Waals surface area contributed by atoms with Gasteiger partial charge in [-0.3, -0.25) is 0 Å². The molecule has 0 saturated carbocycles. The second-order valence-electron chi connectivity index (χ2n) is 5.28. The van der Waals surface area contributed by atoms with E-state index in [0.29, 0.717) is 21.8 Å². The van der Waals surface area contributed by atoms with Gasteiger partial charge in [-0.05, 0) is 55.4 Å². The van der Waals surface area contributed by atoms with Gasteiger partial charge in [0.25, 0.3) is 0 Å². The molecule has 26 heavy (non-hydrogen) atoms. The lowest BCUT2D eigenvalue weighted by Crippen LogP contribution is -2.20. The highest BCUT2D eigenvalue weighted by molar-refractivity contribution is 7.80. The number of rotatable bonds is 4. The van der Waals surface area contributed by atoms with E-state index in [1.165, 1.54) is 26.4 Å². The van der Waals surface area contributed by atoms with Crippen LogP contribution in [-0.2, 0) is 9.47 Å². The third-order valence-corrected chi connectivity index (χ3v) is 4.96. The number of benzene rings is 1.